The van der Waals surface area contributed by atoms with Crippen molar-refractivity contribution in [3.63, 3.8) is 0 Å². The zero-order chi connectivity index (χ0) is 12.1. The molecule has 88 valence electrons. The van der Waals surface area contributed by atoms with Gasteiger partial charge in [-0.05, 0) is 24.6 Å². The standard InChI is InChI=1S/C11H13Cl2NO2/c1-7(14-11(15)6-16-2)8-3-4-9(12)10(13)5-8/h3-5,7H,6H2,1-2H3,(H,14,15)/t7-/m1/s1. The Morgan fingerprint density at radius 3 is 2.69 bits per heavy atom. The van der Waals surface area contributed by atoms with Gasteiger partial charge in [0.25, 0.3) is 0 Å². The molecular formula is C11H13Cl2NO2. The fourth-order valence-electron chi connectivity index (χ4n) is 1.28. The Hall–Kier alpha value is -0.770. The van der Waals surface area contributed by atoms with Crippen molar-refractivity contribution in [2.75, 3.05) is 13.7 Å². The Balaban J connectivity index is 2.69. The van der Waals surface area contributed by atoms with E-state index >= 15 is 0 Å². The number of hydrogen-bond acceptors (Lipinski definition) is 2. The maximum absolute atomic E-state index is 11.3. The molecule has 0 bridgehead atoms. The van der Waals surface area contributed by atoms with Gasteiger partial charge in [0.05, 0.1) is 16.1 Å². The Labute approximate surface area is 105 Å². The van der Waals surface area contributed by atoms with Gasteiger partial charge in [0, 0.05) is 7.11 Å². The van der Waals surface area contributed by atoms with Crippen LogP contribution in [-0.4, -0.2) is 19.6 Å². The maximum atomic E-state index is 11.3. The second-order valence-corrected chi connectivity index (χ2v) is 4.21. The molecule has 5 heteroatoms. The number of nitrogens with one attached hydrogen (secondary N) is 1. The van der Waals surface area contributed by atoms with Crippen LogP contribution < -0.4 is 5.32 Å². The van der Waals surface area contributed by atoms with Crippen molar-refractivity contribution in [3.05, 3.63) is 33.8 Å². The number of benzene rings is 1. The van der Waals surface area contributed by atoms with Crippen LogP contribution in [0.4, 0.5) is 0 Å². The molecule has 16 heavy (non-hydrogen) atoms. The number of halogens is 2. The molecule has 1 aromatic carbocycles. The van der Waals surface area contributed by atoms with E-state index in [4.69, 9.17) is 27.9 Å². The Bertz CT molecular complexity index is 382. The molecule has 0 aliphatic carbocycles. The predicted octanol–water partition coefficient (Wildman–Crippen LogP) is 2.82. The van der Waals surface area contributed by atoms with E-state index < -0.39 is 0 Å². The van der Waals surface area contributed by atoms with E-state index in [0.29, 0.717) is 10.0 Å². The minimum absolute atomic E-state index is 0.0473. The molecule has 0 unspecified atom stereocenters. The highest BCUT2D eigenvalue weighted by molar-refractivity contribution is 6.42. The van der Waals surface area contributed by atoms with Crippen LogP contribution in [-0.2, 0) is 9.53 Å². The van der Waals surface area contributed by atoms with Crippen molar-refractivity contribution in [3.8, 4) is 0 Å². The zero-order valence-electron chi connectivity index (χ0n) is 9.09. The lowest BCUT2D eigenvalue weighted by atomic mass is 10.1. The molecule has 0 radical (unpaired) electrons. The van der Waals surface area contributed by atoms with Crippen molar-refractivity contribution in [2.45, 2.75) is 13.0 Å². The molecule has 1 amide bonds. The van der Waals surface area contributed by atoms with E-state index in [2.05, 4.69) is 5.32 Å². The van der Waals surface area contributed by atoms with E-state index in [-0.39, 0.29) is 18.6 Å². The van der Waals surface area contributed by atoms with Crippen molar-refractivity contribution in [2.24, 2.45) is 0 Å². The van der Waals surface area contributed by atoms with Crippen molar-refractivity contribution in [1.29, 1.82) is 0 Å². The fraction of sp³-hybridized carbons (Fsp3) is 0.364. The van der Waals surface area contributed by atoms with Crippen LogP contribution in [0.3, 0.4) is 0 Å². The Morgan fingerprint density at radius 2 is 2.12 bits per heavy atom. The fourth-order valence-corrected chi connectivity index (χ4v) is 1.59. The van der Waals surface area contributed by atoms with Gasteiger partial charge in [0.1, 0.15) is 6.61 Å². The number of carbonyl (C=O) groups excluding carboxylic acids is 1. The van der Waals surface area contributed by atoms with Crippen LogP contribution in [0.25, 0.3) is 0 Å². The van der Waals surface area contributed by atoms with E-state index in [0.717, 1.165) is 5.56 Å². The van der Waals surface area contributed by atoms with Crippen molar-refractivity contribution < 1.29 is 9.53 Å². The third-order valence-corrected chi connectivity index (χ3v) is 2.84. The summed E-state index contributed by atoms with van der Waals surface area (Å²) in [5.74, 6) is -0.166. The topological polar surface area (TPSA) is 38.3 Å². The van der Waals surface area contributed by atoms with Crippen LogP contribution in [0.15, 0.2) is 18.2 Å². The van der Waals surface area contributed by atoms with Crippen LogP contribution in [0.2, 0.25) is 10.0 Å². The number of hydrogen-bond donors (Lipinski definition) is 1. The summed E-state index contributed by atoms with van der Waals surface area (Å²) in [7, 11) is 1.48. The monoisotopic (exact) mass is 261 g/mol. The van der Waals surface area contributed by atoms with Gasteiger partial charge in [0.15, 0.2) is 0 Å². The minimum Gasteiger partial charge on any atom is -0.375 e. The summed E-state index contributed by atoms with van der Waals surface area (Å²) in [6.07, 6.45) is 0. The Morgan fingerprint density at radius 1 is 1.44 bits per heavy atom. The largest absolute Gasteiger partial charge is 0.375 e. The first kappa shape index (κ1) is 13.3. The van der Waals surface area contributed by atoms with Gasteiger partial charge in [-0.1, -0.05) is 29.3 Å². The molecule has 0 aromatic heterocycles. The van der Waals surface area contributed by atoms with Gasteiger partial charge >= 0.3 is 0 Å². The third kappa shape index (κ3) is 3.67. The number of rotatable bonds is 4. The molecule has 0 spiro atoms. The van der Waals surface area contributed by atoms with Gasteiger partial charge in [-0.2, -0.15) is 0 Å². The molecule has 3 nitrogen and oxygen atoms in total. The minimum atomic E-state index is -0.166. The molecule has 1 rings (SSSR count). The number of ether oxygens (including phenoxy) is 1. The van der Waals surface area contributed by atoms with Crippen LogP contribution in [0.1, 0.15) is 18.5 Å². The molecule has 0 fully saturated rings. The maximum Gasteiger partial charge on any atom is 0.246 e. The highest BCUT2D eigenvalue weighted by Gasteiger charge is 2.10. The molecule has 0 saturated carbocycles. The predicted molar refractivity (Wildman–Crippen MR) is 64.9 cm³/mol. The quantitative estimate of drug-likeness (QED) is 0.906. The second-order valence-electron chi connectivity index (χ2n) is 3.40. The first-order valence-electron chi connectivity index (χ1n) is 4.78. The van der Waals surface area contributed by atoms with E-state index in [1.54, 1.807) is 12.1 Å². The van der Waals surface area contributed by atoms with E-state index in [1.165, 1.54) is 7.11 Å². The highest BCUT2D eigenvalue weighted by atomic mass is 35.5. The summed E-state index contributed by atoms with van der Waals surface area (Å²) < 4.78 is 4.72. The summed E-state index contributed by atoms with van der Waals surface area (Å²) >= 11 is 11.7. The van der Waals surface area contributed by atoms with Gasteiger partial charge in [-0.3, -0.25) is 4.79 Å². The van der Waals surface area contributed by atoms with Gasteiger partial charge in [-0.25, -0.2) is 0 Å². The van der Waals surface area contributed by atoms with Crippen LogP contribution in [0.5, 0.6) is 0 Å². The third-order valence-electron chi connectivity index (χ3n) is 2.10. The summed E-state index contributed by atoms with van der Waals surface area (Å²) in [5.41, 5.74) is 0.902. The SMILES string of the molecule is COCC(=O)N[C@H](C)c1ccc(Cl)c(Cl)c1. The summed E-state index contributed by atoms with van der Waals surface area (Å²) in [5, 5.41) is 3.76. The molecule has 0 heterocycles. The Kier molecular flexibility index (Phi) is 5.06. The first-order chi connectivity index (χ1) is 7.54. The molecule has 1 aromatic rings. The smallest absolute Gasteiger partial charge is 0.246 e. The van der Waals surface area contributed by atoms with Gasteiger partial charge in [0.2, 0.25) is 5.91 Å². The summed E-state index contributed by atoms with van der Waals surface area (Å²) in [6.45, 7) is 1.92. The lowest BCUT2D eigenvalue weighted by molar-refractivity contribution is -0.125. The van der Waals surface area contributed by atoms with Crippen LogP contribution >= 0.6 is 23.2 Å². The molecule has 0 saturated heterocycles. The molecule has 1 atom stereocenters. The van der Waals surface area contributed by atoms with Gasteiger partial charge in [-0.15, -0.1) is 0 Å². The lowest BCUT2D eigenvalue weighted by Crippen LogP contribution is -2.29. The van der Waals surface area contributed by atoms with Gasteiger partial charge < -0.3 is 10.1 Å². The molecule has 0 aliphatic heterocycles. The van der Waals surface area contributed by atoms with Crippen molar-refractivity contribution >= 4 is 29.1 Å². The van der Waals surface area contributed by atoms with Crippen molar-refractivity contribution in [1.82, 2.24) is 5.32 Å². The number of methoxy groups -OCH3 is 1. The van der Waals surface area contributed by atoms with Crippen LogP contribution in [0, 0.1) is 0 Å². The average Bonchev–Trinajstić information content (AvgIpc) is 2.22. The van der Waals surface area contributed by atoms with E-state index in [1.807, 2.05) is 13.0 Å². The molecular weight excluding hydrogens is 249 g/mol. The number of carbonyl (C=O) groups is 1. The average molecular weight is 262 g/mol. The summed E-state index contributed by atoms with van der Waals surface area (Å²) in [6, 6.07) is 5.14. The highest BCUT2D eigenvalue weighted by Crippen LogP contribution is 2.25. The zero-order valence-corrected chi connectivity index (χ0v) is 10.6. The second kappa shape index (κ2) is 6.09. The molecule has 0 aliphatic rings. The lowest BCUT2D eigenvalue weighted by Gasteiger charge is -2.14. The first-order valence-corrected chi connectivity index (χ1v) is 5.53. The number of amides is 1. The summed E-state index contributed by atoms with van der Waals surface area (Å²) in [4.78, 5) is 11.3. The molecule has 1 N–H and O–H groups in total. The normalized spacial score (nSPS) is 12.2. The van der Waals surface area contributed by atoms with E-state index in [9.17, 15) is 4.79 Å².